The first-order chi connectivity index (χ1) is 11.8. The van der Waals surface area contributed by atoms with Crippen LogP contribution in [-0.4, -0.2) is 26.3 Å². The standard InChI is InChI=1S/C14H8ClN3O7/c15-16(13(19)9-1-5-11(6-2-9)17(21)22)25-14(20)10-3-7-12(8-4-10)18(23)24/h1-8H. The van der Waals surface area contributed by atoms with Crippen molar-refractivity contribution >= 4 is 35.0 Å². The Morgan fingerprint density at radius 3 is 1.64 bits per heavy atom. The van der Waals surface area contributed by atoms with E-state index in [2.05, 4.69) is 4.84 Å². The third-order valence-electron chi connectivity index (χ3n) is 2.96. The fraction of sp³-hybridized carbons (Fsp3) is 0. The third-order valence-corrected chi connectivity index (χ3v) is 3.18. The minimum atomic E-state index is -1.01. The highest BCUT2D eigenvalue weighted by Gasteiger charge is 2.21. The zero-order chi connectivity index (χ0) is 18.6. The van der Waals surface area contributed by atoms with E-state index in [4.69, 9.17) is 11.8 Å². The largest absolute Gasteiger partial charge is 0.365 e. The lowest BCUT2D eigenvalue weighted by atomic mass is 10.2. The first-order valence-corrected chi connectivity index (χ1v) is 6.85. The second-order valence-corrected chi connectivity index (χ2v) is 4.84. The SMILES string of the molecule is O=C(ON(Cl)C(=O)c1ccc([N+](=O)[O-])cc1)c1ccc([N+](=O)[O-])cc1. The van der Waals surface area contributed by atoms with Crippen LogP contribution in [0.25, 0.3) is 0 Å². The van der Waals surface area contributed by atoms with E-state index in [0.717, 1.165) is 48.5 Å². The molecule has 10 nitrogen and oxygen atoms in total. The molecule has 128 valence electrons. The molecule has 25 heavy (non-hydrogen) atoms. The monoisotopic (exact) mass is 365 g/mol. The van der Waals surface area contributed by atoms with E-state index in [9.17, 15) is 29.8 Å². The highest BCUT2D eigenvalue weighted by molar-refractivity contribution is 6.23. The predicted octanol–water partition coefficient (Wildman–Crippen LogP) is 2.87. The molecule has 1 amide bonds. The van der Waals surface area contributed by atoms with Crippen LogP contribution in [0.5, 0.6) is 0 Å². The van der Waals surface area contributed by atoms with Crippen molar-refractivity contribution in [3.63, 3.8) is 0 Å². The zero-order valence-electron chi connectivity index (χ0n) is 12.2. The zero-order valence-corrected chi connectivity index (χ0v) is 13.0. The van der Waals surface area contributed by atoms with Crippen molar-refractivity contribution in [3.05, 3.63) is 79.9 Å². The maximum absolute atomic E-state index is 12.0. The van der Waals surface area contributed by atoms with E-state index >= 15 is 0 Å². The molecule has 0 N–H and O–H groups in total. The Bertz CT molecular complexity index is 837. The lowest BCUT2D eigenvalue weighted by Gasteiger charge is -2.12. The molecule has 0 radical (unpaired) electrons. The van der Waals surface area contributed by atoms with Gasteiger partial charge in [-0.2, -0.15) is 0 Å². The number of benzene rings is 2. The molecular weight excluding hydrogens is 358 g/mol. The molecule has 0 bridgehead atoms. The fourth-order valence-electron chi connectivity index (χ4n) is 1.71. The average molecular weight is 366 g/mol. The number of non-ortho nitro benzene ring substituents is 2. The van der Waals surface area contributed by atoms with Crippen LogP contribution < -0.4 is 0 Å². The first-order valence-electron chi connectivity index (χ1n) is 6.51. The summed E-state index contributed by atoms with van der Waals surface area (Å²) in [5, 5.41) is 21.1. The van der Waals surface area contributed by atoms with Crippen LogP contribution >= 0.6 is 11.8 Å². The van der Waals surface area contributed by atoms with Crippen molar-refractivity contribution in [2.45, 2.75) is 0 Å². The summed E-state index contributed by atoms with van der Waals surface area (Å²) in [5.74, 6) is -1.94. The third kappa shape index (κ3) is 4.26. The molecule has 0 spiro atoms. The van der Waals surface area contributed by atoms with Crippen LogP contribution in [0.1, 0.15) is 20.7 Å². The summed E-state index contributed by atoms with van der Waals surface area (Å²) in [7, 11) is 0. The van der Waals surface area contributed by atoms with Gasteiger partial charge in [0.05, 0.1) is 27.2 Å². The first kappa shape index (κ1) is 17.8. The van der Waals surface area contributed by atoms with Crippen LogP contribution in [0.4, 0.5) is 11.4 Å². The number of amides is 1. The molecule has 0 fully saturated rings. The summed E-state index contributed by atoms with van der Waals surface area (Å²) < 4.78 is 0.144. The smallest absolute Gasteiger partial charge is 0.316 e. The van der Waals surface area contributed by atoms with Crippen LogP contribution in [0.3, 0.4) is 0 Å². The van der Waals surface area contributed by atoms with E-state index in [-0.39, 0.29) is 27.1 Å². The molecule has 0 unspecified atom stereocenters. The van der Waals surface area contributed by atoms with Gasteiger partial charge in [-0.15, -0.1) is 0 Å². The molecular formula is C14H8ClN3O7. The number of hydrogen-bond donors (Lipinski definition) is 0. The summed E-state index contributed by atoms with van der Waals surface area (Å²) in [4.78, 5) is 48.3. The molecule has 0 saturated carbocycles. The van der Waals surface area contributed by atoms with Crippen molar-refractivity contribution < 1.29 is 24.3 Å². The summed E-state index contributed by atoms with van der Waals surface area (Å²) in [6.45, 7) is 0. The lowest BCUT2D eigenvalue weighted by molar-refractivity contribution is -0.385. The van der Waals surface area contributed by atoms with Crippen LogP contribution in [0.2, 0.25) is 0 Å². The van der Waals surface area contributed by atoms with Gasteiger partial charge in [0.25, 0.3) is 11.4 Å². The van der Waals surface area contributed by atoms with Crippen molar-refractivity contribution in [1.29, 1.82) is 0 Å². The second-order valence-electron chi connectivity index (χ2n) is 4.54. The topological polar surface area (TPSA) is 133 Å². The van der Waals surface area contributed by atoms with Gasteiger partial charge in [0.15, 0.2) is 0 Å². The number of carbonyl (C=O) groups is 2. The fourth-order valence-corrected chi connectivity index (χ4v) is 1.87. The minimum Gasteiger partial charge on any atom is -0.316 e. The van der Waals surface area contributed by atoms with Crippen molar-refractivity contribution in [2.75, 3.05) is 0 Å². The highest BCUT2D eigenvalue weighted by Crippen LogP contribution is 2.17. The van der Waals surface area contributed by atoms with Gasteiger partial charge in [0.1, 0.15) is 0 Å². The minimum absolute atomic E-state index is 0.0444. The van der Waals surface area contributed by atoms with E-state index in [1.807, 2.05) is 0 Å². The van der Waals surface area contributed by atoms with Gasteiger partial charge in [-0.1, -0.05) is 4.58 Å². The Labute approximate surface area is 144 Å². The summed E-state index contributed by atoms with van der Waals surface area (Å²) in [6.07, 6.45) is 0. The lowest BCUT2D eigenvalue weighted by Crippen LogP contribution is -2.25. The van der Waals surface area contributed by atoms with E-state index in [0.29, 0.717) is 0 Å². The van der Waals surface area contributed by atoms with Gasteiger partial charge < -0.3 is 4.84 Å². The quantitative estimate of drug-likeness (QED) is 0.462. The molecule has 2 rings (SSSR count). The number of hydrogen-bond acceptors (Lipinski definition) is 7. The van der Waals surface area contributed by atoms with Gasteiger partial charge in [-0.05, 0) is 24.3 Å². The summed E-state index contributed by atoms with van der Waals surface area (Å²) in [6, 6.07) is 8.95. The molecule has 0 saturated heterocycles. The van der Waals surface area contributed by atoms with Crippen LogP contribution in [-0.2, 0) is 4.84 Å². The summed E-state index contributed by atoms with van der Waals surface area (Å²) in [5.41, 5.74) is -0.549. The van der Waals surface area contributed by atoms with Crippen molar-refractivity contribution in [1.82, 2.24) is 4.58 Å². The average Bonchev–Trinajstić information content (AvgIpc) is 2.61. The number of nitrogens with zero attached hydrogens (tertiary/aromatic N) is 3. The molecule has 0 atom stereocenters. The van der Waals surface area contributed by atoms with Gasteiger partial charge in [-0.3, -0.25) is 25.0 Å². The normalized spacial score (nSPS) is 9.96. The molecule has 0 aliphatic heterocycles. The van der Waals surface area contributed by atoms with E-state index in [1.165, 1.54) is 0 Å². The molecule has 11 heteroatoms. The van der Waals surface area contributed by atoms with Gasteiger partial charge in [0.2, 0.25) is 0 Å². The Balaban J connectivity index is 2.05. The molecule has 0 aromatic heterocycles. The predicted molar refractivity (Wildman–Crippen MR) is 83.6 cm³/mol. The summed E-state index contributed by atoms with van der Waals surface area (Å²) >= 11 is 5.59. The number of halogens is 1. The highest BCUT2D eigenvalue weighted by atomic mass is 35.5. The maximum atomic E-state index is 12.0. The van der Waals surface area contributed by atoms with Crippen LogP contribution in [0.15, 0.2) is 48.5 Å². The van der Waals surface area contributed by atoms with Gasteiger partial charge in [-0.25, -0.2) is 4.79 Å². The van der Waals surface area contributed by atoms with Crippen LogP contribution in [0, 0.1) is 20.2 Å². The number of nitro groups is 2. The number of hydroxylamine groups is 1. The second kappa shape index (κ2) is 7.36. The van der Waals surface area contributed by atoms with Gasteiger partial charge >= 0.3 is 11.9 Å². The number of nitro benzene ring substituents is 2. The van der Waals surface area contributed by atoms with E-state index in [1.54, 1.807) is 0 Å². The molecule has 2 aromatic carbocycles. The van der Waals surface area contributed by atoms with Gasteiger partial charge in [0, 0.05) is 29.8 Å². The van der Waals surface area contributed by atoms with Crippen molar-refractivity contribution in [3.8, 4) is 0 Å². The molecule has 0 heterocycles. The van der Waals surface area contributed by atoms with E-state index < -0.39 is 21.7 Å². The van der Waals surface area contributed by atoms with Crippen molar-refractivity contribution in [2.24, 2.45) is 0 Å². The molecule has 0 aliphatic rings. The molecule has 0 aliphatic carbocycles. The maximum Gasteiger partial charge on any atom is 0.365 e. The Kier molecular flexibility index (Phi) is 5.25. The number of rotatable bonds is 4. The molecule has 2 aromatic rings. The Morgan fingerprint density at radius 2 is 1.24 bits per heavy atom. The Morgan fingerprint density at radius 1 is 0.840 bits per heavy atom. The number of carbonyl (C=O) groups excluding carboxylic acids is 2. The Hall–Kier alpha value is -3.53.